The number of fused-ring (bicyclic) bond motifs is 5. The predicted octanol–water partition coefficient (Wildman–Crippen LogP) is 8.76. The molecule has 6 aliphatic rings. The van der Waals surface area contributed by atoms with Crippen molar-refractivity contribution in [2.75, 3.05) is 0 Å². The fourth-order valence-electron chi connectivity index (χ4n) is 10.6. The van der Waals surface area contributed by atoms with Gasteiger partial charge in [0.15, 0.2) is 0 Å². The average molecular weight is 440 g/mol. The molecule has 6 unspecified atom stereocenters. The predicted molar refractivity (Wildman–Crippen MR) is 136 cm³/mol. The summed E-state index contributed by atoms with van der Waals surface area (Å²) in [4.78, 5) is 3.34. The van der Waals surface area contributed by atoms with E-state index in [1.54, 1.807) is 109 Å². The first-order chi connectivity index (χ1) is 15.9. The van der Waals surface area contributed by atoms with Crippen LogP contribution in [0.4, 0.5) is 0 Å². The third kappa shape index (κ3) is 4.47. The van der Waals surface area contributed by atoms with Crippen LogP contribution in [-0.2, 0) is 0 Å². The molecule has 1 heteroatoms. The minimum atomic E-state index is 0.953. The zero-order valence-electron chi connectivity index (χ0n) is 21.2. The quantitative estimate of drug-likeness (QED) is 0.425. The van der Waals surface area contributed by atoms with Crippen LogP contribution in [0.1, 0.15) is 141 Å². The normalized spacial score (nSPS) is 46.5. The van der Waals surface area contributed by atoms with E-state index < -0.39 is 0 Å². The lowest BCUT2D eigenvalue weighted by molar-refractivity contribution is -0.0183. The molecule has 0 aromatic rings. The van der Waals surface area contributed by atoms with Crippen molar-refractivity contribution >= 4 is 0 Å². The molecule has 6 atom stereocenters. The molecule has 1 heterocycles. The molecule has 0 aromatic carbocycles. The first-order valence-electron chi connectivity index (χ1n) is 15.7. The van der Waals surface area contributed by atoms with Gasteiger partial charge in [-0.05, 0) is 106 Å². The number of nitrogens with zero attached hydrogens (tertiary/aromatic N) is 1. The van der Waals surface area contributed by atoms with Gasteiger partial charge in [-0.15, -0.1) is 0 Å². The van der Waals surface area contributed by atoms with Gasteiger partial charge in [-0.25, -0.2) is 0 Å². The van der Waals surface area contributed by atoms with Gasteiger partial charge in [-0.2, -0.15) is 0 Å². The van der Waals surface area contributed by atoms with Crippen molar-refractivity contribution in [3.05, 3.63) is 0 Å². The highest BCUT2D eigenvalue weighted by Crippen LogP contribution is 2.54. The molecule has 0 bridgehead atoms. The third-order valence-corrected chi connectivity index (χ3v) is 11.9. The minimum Gasteiger partial charge on any atom is -0.294 e. The highest BCUT2D eigenvalue weighted by atomic mass is 15.2. The summed E-state index contributed by atoms with van der Waals surface area (Å²) in [5.41, 5.74) is 0. The van der Waals surface area contributed by atoms with E-state index in [-0.39, 0.29) is 0 Å². The first-order valence-corrected chi connectivity index (χ1v) is 15.7. The van der Waals surface area contributed by atoms with E-state index in [9.17, 15) is 0 Å². The van der Waals surface area contributed by atoms with Crippen molar-refractivity contribution in [2.24, 2.45) is 35.5 Å². The van der Waals surface area contributed by atoms with Crippen LogP contribution < -0.4 is 0 Å². The SMILES string of the molecule is C1CCC(CC2CCC(N3C4CCCCC4C4CCCCC4C4CCCCC43)CC2)CC1. The van der Waals surface area contributed by atoms with Crippen LogP contribution in [0, 0.1) is 35.5 Å². The molecule has 6 rings (SSSR count). The minimum absolute atomic E-state index is 0.953. The molecular weight excluding hydrogens is 386 g/mol. The molecular formula is C31H53N. The molecule has 5 aliphatic carbocycles. The Hall–Kier alpha value is -0.0400. The van der Waals surface area contributed by atoms with Gasteiger partial charge < -0.3 is 0 Å². The van der Waals surface area contributed by atoms with E-state index in [2.05, 4.69) is 4.90 Å². The van der Waals surface area contributed by atoms with E-state index in [1.165, 1.54) is 32.1 Å². The van der Waals surface area contributed by atoms with Crippen molar-refractivity contribution in [3.63, 3.8) is 0 Å². The summed E-state index contributed by atoms with van der Waals surface area (Å²) in [5, 5.41) is 0. The average Bonchev–Trinajstić information content (AvgIpc) is 2.98. The van der Waals surface area contributed by atoms with Crippen LogP contribution in [0.2, 0.25) is 0 Å². The second-order valence-corrected chi connectivity index (χ2v) is 13.5. The van der Waals surface area contributed by atoms with Gasteiger partial charge in [0.2, 0.25) is 0 Å². The fraction of sp³-hybridized carbons (Fsp3) is 1.00. The van der Waals surface area contributed by atoms with Crippen LogP contribution in [0.3, 0.4) is 0 Å². The summed E-state index contributed by atoms with van der Waals surface area (Å²) in [6.45, 7) is 0. The van der Waals surface area contributed by atoms with Crippen LogP contribution in [0.5, 0.6) is 0 Å². The largest absolute Gasteiger partial charge is 0.294 e. The fourth-order valence-corrected chi connectivity index (χ4v) is 10.6. The Balaban J connectivity index is 1.20. The molecule has 32 heavy (non-hydrogen) atoms. The maximum Gasteiger partial charge on any atom is 0.0132 e. The molecule has 1 nitrogen and oxygen atoms in total. The maximum atomic E-state index is 3.34. The Morgan fingerprint density at radius 3 is 1.38 bits per heavy atom. The van der Waals surface area contributed by atoms with Crippen molar-refractivity contribution in [1.82, 2.24) is 4.90 Å². The van der Waals surface area contributed by atoms with Gasteiger partial charge in [0.1, 0.15) is 0 Å². The number of rotatable bonds is 3. The smallest absolute Gasteiger partial charge is 0.0132 e. The molecule has 0 amide bonds. The van der Waals surface area contributed by atoms with Crippen LogP contribution >= 0.6 is 0 Å². The second-order valence-electron chi connectivity index (χ2n) is 13.5. The molecule has 5 saturated carbocycles. The van der Waals surface area contributed by atoms with E-state index >= 15 is 0 Å². The Labute approximate surface area is 199 Å². The first kappa shape index (κ1) is 22.4. The summed E-state index contributed by atoms with van der Waals surface area (Å²) >= 11 is 0. The number of hydrogen-bond donors (Lipinski definition) is 0. The molecule has 182 valence electrons. The van der Waals surface area contributed by atoms with Gasteiger partial charge in [0, 0.05) is 18.1 Å². The summed E-state index contributed by atoms with van der Waals surface area (Å²) in [5.74, 6) is 6.52. The monoisotopic (exact) mass is 439 g/mol. The molecule has 0 radical (unpaired) electrons. The molecule has 0 spiro atoms. The maximum absolute atomic E-state index is 3.34. The Morgan fingerprint density at radius 2 is 0.812 bits per heavy atom. The lowest BCUT2D eigenvalue weighted by Crippen LogP contribution is -2.55. The lowest BCUT2D eigenvalue weighted by Gasteiger charge is -2.51. The van der Waals surface area contributed by atoms with Crippen molar-refractivity contribution < 1.29 is 0 Å². The van der Waals surface area contributed by atoms with Gasteiger partial charge in [-0.3, -0.25) is 4.90 Å². The van der Waals surface area contributed by atoms with E-state index in [4.69, 9.17) is 0 Å². The third-order valence-electron chi connectivity index (χ3n) is 11.9. The molecule has 0 N–H and O–H groups in total. The zero-order chi connectivity index (χ0) is 21.3. The highest BCUT2D eigenvalue weighted by molar-refractivity contribution is 5.04. The van der Waals surface area contributed by atoms with E-state index in [0.717, 1.165) is 53.6 Å². The highest BCUT2D eigenvalue weighted by Gasteiger charge is 2.52. The molecule has 1 saturated heterocycles. The summed E-state index contributed by atoms with van der Waals surface area (Å²) in [6, 6.07) is 2.90. The van der Waals surface area contributed by atoms with Gasteiger partial charge >= 0.3 is 0 Å². The van der Waals surface area contributed by atoms with Gasteiger partial charge in [0.25, 0.3) is 0 Å². The van der Waals surface area contributed by atoms with Crippen LogP contribution in [0.15, 0.2) is 0 Å². The van der Waals surface area contributed by atoms with Gasteiger partial charge in [-0.1, -0.05) is 70.6 Å². The number of hydrogen-bond acceptors (Lipinski definition) is 1. The summed E-state index contributed by atoms with van der Waals surface area (Å²) in [6.07, 6.45) is 34.2. The second kappa shape index (κ2) is 10.3. The van der Waals surface area contributed by atoms with Crippen LogP contribution in [-0.4, -0.2) is 23.0 Å². The van der Waals surface area contributed by atoms with Crippen molar-refractivity contribution in [1.29, 1.82) is 0 Å². The Morgan fingerprint density at radius 1 is 0.375 bits per heavy atom. The molecule has 0 aromatic heterocycles. The zero-order valence-corrected chi connectivity index (χ0v) is 21.2. The molecule has 6 fully saturated rings. The van der Waals surface area contributed by atoms with E-state index in [1.807, 2.05) is 0 Å². The standard InChI is InChI=1S/C31H53N/c1-2-10-23(11-3-1)22-24-18-20-25(21-19-24)32-30-16-8-6-14-28(30)26-12-4-5-13-27(26)29-15-7-9-17-31(29)32/h23-31H,1-22H2. The topological polar surface area (TPSA) is 3.24 Å². The summed E-state index contributed by atoms with van der Waals surface area (Å²) < 4.78 is 0. The number of likely N-dealkylation sites (tertiary alicyclic amines) is 1. The molecule has 1 aliphatic heterocycles. The van der Waals surface area contributed by atoms with Crippen molar-refractivity contribution in [2.45, 2.75) is 159 Å². The van der Waals surface area contributed by atoms with Crippen LogP contribution in [0.25, 0.3) is 0 Å². The van der Waals surface area contributed by atoms with Gasteiger partial charge in [0.05, 0.1) is 0 Å². The van der Waals surface area contributed by atoms with E-state index in [0.29, 0.717) is 0 Å². The Kier molecular flexibility index (Phi) is 7.21. The Bertz CT molecular complexity index is 553. The van der Waals surface area contributed by atoms with Crippen molar-refractivity contribution in [3.8, 4) is 0 Å². The summed E-state index contributed by atoms with van der Waals surface area (Å²) in [7, 11) is 0. The lowest BCUT2D eigenvalue weighted by atomic mass is 9.62.